The van der Waals surface area contributed by atoms with Gasteiger partial charge >= 0.3 is 0 Å². The van der Waals surface area contributed by atoms with E-state index in [-0.39, 0.29) is 29.0 Å². The third-order valence-electron chi connectivity index (χ3n) is 5.25. The Labute approximate surface area is 193 Å². The van der Waals surface area contributed by atoms with Crippen molar-refractivity contribution in [3.8, 4) is 11.6 Å². The van der Waals surface area contributed by atoms with Crippen LogP contribution in [0.15, 0.2) is 64.4 Å². The molecule has 2 aliphatic rings. The van der Waals surface area contributed by atoms with Crippen LogP contribution in [0.5, 0.6) is 11.6 Å². The van der Waals surface area contributed by atoms with Gasteiger partial charge in [-0.2, -0.15) is 4.98 Å². The van der Waals surface area contributed by atoms with Crippen molar-refractivity contribution >= 4 is 45.9 Å². The van der Waals surface area contributed by atoms with Crippen LogP contribution in [0.2, 0.25) is 0 Å². The van der Waals surface area contributed by atoms with Gasteiger partial charge in [0.1, 0.15) is 21.3 Å². The van der Waals surface area contributed by atoms with Gasteiger partial charge in [0.05, 0.1) is 17.6 Å². The van der Waals surface area contributed by atoms with Crippen molar-refractivity contribution in [1.82, 2.24) is 14.3 Å². The van der Waals surface area contributed by atoms with E-state index in [9.17, 15) is 9.59 Å². The van der Waals surface area contributed by atoms with Gasteiger partial charge in [-0.1, -0.05) is 48.2 Å². The van der Waals surface area contributed by atoms with Gasteiger partial charge < -0.3 is 9.47 Å². The molecule has 0 unspecified atom stereocenters. The van der Waals surface area contributed by atoms with Gasteiger partial charge in [0.25, 0.3) is 11.5 Å². The molecule has 0 aliphatic carbocycles. The molecule has 0 N–H and O–H groups in total. The van der Waals surface area contributed by atoms with Gasteiger partial charge in [0.2, 0.25) is 5.88 Å². The summed E-state index contributed by atoms with van der Waals surface area (Å²) < 4.78 is 13.5. The van der Waals surface area contributed by atoms with Crippen molar-refractivity contribution in [1.29, 1.82) is 0 Å². The smallest absolute Gasteiger partial charge is 0.269 e. The van der Waals surface area contributed by atoms with Crippen LogP contribution >= 0.6 is 24.0 Å². The van der Waals surface area contributed by atoms with Crippen LogP contribution in [0.1, 0.15) is 18.4 Å². The Balaban J connectivity index is 1.55. The topological polar surface area (TPSA) is 73.1 Å². The number of hydrogen-bond acceptors (Lipinski definition) is 7. The van der Waals surface area contributed by atoms with E-state index < -0.39 is 0 Å². The van der Waals surface area contributed by atoms with E-state index in [1.807, 2.05) is 18.2 Å². The minimum absolute atomic E-state index is 0.0122. The Bertz CT molecular complexity index is 1280. The van der Waals surface area contributed by atoms with Crippen molar-refractivity contribution in [3.05, 3.63) is 75.6 Å². The minimum Gasteiger partial charge on any atom is -0.438 e. The van der Waals surface area contributed by atoms with E-state index in [2.05, 4.69) is 4.98 Å². The van der Waals surface area contributed by atoms with E-state index >= 15 is 0 Å². The number of benzene rings is 1. The van der Waals surface area contributed by atoms with Gasteiger partial charge in [-0.05, 0) is 43.2 Å². The molecule has 1 amide bonds. The molecule has 0 spiro atoms. The quantitative estimate of drug-likeness (QED) is 0.418. The highest BCUT2D eigenvalue weighted by Gasteiger charge is 2.35. The molecule has 9 heteroatoms. The highest BCUT2D eigenvalue weighted by atomic mass is 32.2. The summed E-state index contributed by atoms with van der Waals surface area (Å²) in [4.78, 5) is 32.8. The molecule has 7 nitrogen and oxygen atoms in total. The second-order valence-corrected chi connectivity index (χ2v) is 9.08. The monoisotopic (exact) mass is 465 g/mol. The fourth-order valence-electron chi connectivity index (χ4n) is 3.66. The van der Waals surface area contributed by atoms with Gasteiger partial charge in [-0.25, -0.2) is 0 Å². The first-order chi connectivity index (χ1) is 15.6. The van der Waals surface area contributed by atoms with E-state index in [1.165, 1.54) is 22.2 Å². The van der Waals surface area contributed by atoms with E-state index in [1.54, 1.807) is 41.4 Å². The number of pyridine rings is 1. The Morgan fingerprint density at radius 3 is 2.78 bits per heavy atom. The lowest BCUT2D eigenvalue weighted by atomic mass is 10.2. The molecule has 1 aromatic carbocycles. The van der Waals surface area contributed by atoms with Crippen molar-refractivity contribution < 1.29 is 14.3 Å². The van der Waals surface area contributed by atoms with Crippen LogP contribution in [0.3, 0.4) is 0 Å². The number of aromatic nitrogens is 2. The number of hydrogen-bond donors (Lipinski definition) is 0. The van der Waals surface area contributed by atoms with Gasteiger partial charge in [0, 0.05) is 12.8 Å². The van der Waals surface area contributed by atoms with Crippen LogP contribution in [0.25, 0.3) is 11.7 Å². The first-order valence-corrected chi connectivity index (χ1v) is 11.4. The van der Waals surface area contributed by atoms with Gasteiger partial charge in [0.15, 0.2) is 0 Å². The average Bonchev–Trinajstić information content (AvgIpc) is 3.41. The zero-order valence-electron chi connectivity index (χ0n) is 17.0. The van der Waals surface area contributed by atoms with E-state index in [4.69, 9.17) is 21.7 Å². The molecule has 1 atom stereocenters. The van der Waals surface area contributed by atoms with Gasteiger partial charge in [-0.3, -0.25) is 18.9 Å². The SMILES string of the molecule is O=C1/C(=C/c2c(Oc3ccccc3)nc3ccccn3c2=O)SC(=S)N1C[C@@H]1CCCO1. The standard InChI is InChI=1S/C23H19N3O4S2/c27-21-17(13-18-22(28)26(23(31)32-18)14-16-9-6-12-29-16)20(30-15-7-2-1-3-8-15)24-19-10-4-5-11-25(19)21/h1-5,7-8,10-11,13,16H,6,9,12,14H2/b18-13-/t16-/m0/s1. The highest BCUT2D eigenvalue weighted by Crippen LogP contribution is 2.34. The van der Waals surface area contributed by atoms with Crippen LogP contribution < -0.4 is 10.3 Å². The zero-order valence-corrected chi connectivity index (χ0v) is 18.6. The number of amides is 1. The van der Waals surface area contributed by atoms with Crippen molar-refractivity contribution in [2.24, 2.45) is 0 Å². The Morgan fingerprint density at radius 1 is 1.19 bits per heavy atom. The lowest BCUT2D eigenvalue weighted by Crippen LogP contribution is -2.35. The van der Waals surface area contributed by atoms with Gasteiger partial charge in [-0.15, -0.1) is 0 Å². The number of carbonyl (C=O) groups excluding carboxylic acids is 1. The summed E-state index contributed by atoms with van der Waals surface area (Å²) in [5.41, 5.74) is 0.313. The Morgan fingerprint density at radius 2 is 2.00 bits per heavy atom. The number of rotatable bonds is 5. The molecule has 0 radical (unpaired) electrons. The first-order valence-electron chi connectivity index (χ1n) is 10.2. The largest absolute Gasteiger partial charge is 0.438 e. The summed E-state index contributed by atoms with van der Waals surface area (Å²) in [6.07, 6.45) is 5.04. The van der Waals surface area contributed by atoms with E-state index in [0.29, 0.717) is 33.8 Å². The normalized spacial score (nSPS) is 19.9. The summed E-state index contributed by atoms with van der Waals surface area (Å²) in [5.74, 6) is 0.441. The van der Waals surface area contributed by atoms with Crippen LogP contribution in [-0.4, -0.2) is 43.8 Å². The van der Waals surface area contributed by atoms with Crippen LogP contribution in [-0.2, 0) is 9.53 Å². The summed E-state index contributed by atoms with van der Waals surface area (Å²) >= 11 is 6.61. The fourth-order valence-corrected chi connectivity index (χ4v) is 4.92. The van der Waals surface area contributed by atoms with Crippen molar-refractivity contribution in [3.63, 3.8) is 0 Å². The summed E-state index contributed by atoms with van der Waals surface area (Å²) in [7, 11) is 0. The number of ether oxygens (including phenoxy) is 2. The molecular weight excluding hydrogens is 446 g/mol. The fraction of sp³-hybridized carbons (Fsp3) is 0.217. The lowest BCUT2D eigenvalue weighted by Gasteiger charge is -2.18. The summed E-state index contributed by atoms with van der Waals surface area (Å²) in [6, 6.07) is 14.4. The molecule has 4 heterocycles. The molecule has 3 aromatic rings. The maximum atomic E-state index is 13.3. The average molecular weight is 466 g/mol. The third-order valence-corrected chi connectivity index (χ3v) is 6.63. The molecule has 32 heavy (non-hydrogen) atoms. The molecule has 5 rings (SSSR count). The second-order valence-electron chi connectivity index (χ2n) is 7.41. The number of thioether (sulfide) groups is 1. The lowest BCUT2D eigenvalue weighted by molar-refractivity contribution is -0.123. The number of thiocarbonyl (C=S) groups is 1. The predicted octanol–water partition coefficient (Wildman–Crippen LogP) is 3.87. The zero-order chi connectivity index (χ0) is 22.1. The Hall–Kier alpha value is -3.01. The molecule has 0 bridgehead atoms. The molecule has 2 aliphatic heterocycles. The molecule has 162 valence electrons. The molecule has 2 aromatic heterocycles. The minimum atomic E-state index is -0.328. The van der Waals surface area contributed by atoms with Crippen molar-refractivity contribution in [2.45, 2.75) is 18.9 Å². The third kappa shape index (κ3) is 4.06. The van der Waals surface area contributed by atoms with Crippen LogP contribution in [0, 0.1) is 0 Å². The number of fused-ring (bicyclic) bond motifs is 1. The second kappa shape index (κ2) is 8.85. The number of nitrogens with zero attached hydrogens (tertiary/aromatic N) is 3. The summed E-state index contributed by atoms with van der Waals surface area (Å²) in [5, 5.41) is 0. The molecular formula is C23H19N3O4S2. The molecule has 0 saturated carbocycles. The maximum absolute atomic E-state index is 13.3. The number of carbonyl (C=O) groups is 1. The van der Waals surface area contributed by atoms with E-state index in [0.717, 1.165) is 12.8 Å². The maximum Gasteiger partial charge on any atom is 0.269 e. The predicted molar refractivity (Wildman–Crippen MR) is 127 cm³/mol. The highest BCUT2D eigenvalue weighted by molar-refractivity contribution is 8.26. The molecule has 2 saturated heterocycles. The summed E-state index contributed by atoms with van der Waals surface area (Å²) in [6.45, 7) is 1.12. The Kier molecular flexibility index (Phi) is 5.77. The molecule has 2 fully saturated rings. The van der Waals surface area contributed by atoms with Crippen LogP contribution in [0.4, 0.5) is 0 Å². The number of para-hydroxylation sites is 1. The first kappa shape index (κ1) is 20.9. The van der Waals surface area contributed by atoms with Crippen molar-refractivity contribution in [2.75, 3.05) is 13.2 Å².